The molecule has 0 unspecified atom stereocenters. The number of hydrogen-bond acceptors (Lipinski definition) is 4. The Labute approximate surface area is 200 Å². The van der Waals surface area contributed by atoms with Gasteiger partial charge in [0.15, 0.2) is 5.76 Å². The lowest BCUT2D eigenvalue weighted by molar-refractivity contribution is 0.101. The second-order valence-corrected chi connectivity index (χ2v) is 8.53. The zero-order chi connectivity index (χ0) is 23.1. The van der Waals surface area contributed by atoms with Gasteiger partial charge in [-0.05, 0) is 54.1 Å². The van der Waals surface area contributed by atoms with Crippen LogP contribution >= 0.6 is 23.2 Å². The van der Waals surface area contributed by atoms with Crippen molar-refractivity contribution in [2.24, 2.45) is 7.05 Å². The first-order valence-electron chi connectivity index (χ1n) is 10.2. The molecule has 0 bridgehead atoms. The molecule has 1 aliphatic rings. The Balaban J connectivity index is 1.39. The average molecular weight is 480 g/mol. The van der Waals surface area contributed by atoms with E-state index in [0.717, 1.165) is 27.8 Å². The van der Waals surface area contributed by atoms with Crippen LogP contribution in [0.15, 0.2) is 66.6 Å². The monoisotopic (exact) mass is 479 g/mol. The van der Waals surface area contributed by atoms with Gasteiger partial charge in [0, 0.05) is 35.8 Å². The van der Waals surface area contributed by atoms with E-state index in [-0.39, 0.29) is 11.5 Å². The van der Waals surface area contributed by atoms with E-state index in [1.165, 1.54) is 0 Å². The van der Waals surface area contributed by atoms with Crippen LogP contribution in [-0.4, -0.2) is 17.5 Å². The van der Waals surface area contributed by atoms with Crippen LogP contribution in [0.3, 0.4) is 0 Å². The summed E-state index contributed by atoms with van der Waals surface area (Å²) in [6.45, 7) is 0.310. The van der Waals surface area contributed by atoms with Gasteiger partial charge < -0.3 is 18.8 Å². The molecule has 166 valence electrons. The normalized spacial score (nSPS) is 13.9. The maximum absolute atomic E-state index is 12.9. The van der Waals surface area contributed by atoms with Crippen LogP contribution in [0.4, 0.5) is 0 Å². The summed E-state index contributed by atoms with van der Waals surface area (Å²) in [6, 6.07) is 16.4. The molecule has 1 aromatic heterocycles. The summed E-state index contributed by atoms with van der Waals surface area (Å²) >= 11 is 12.0. The molecular weight excluding hydrogens is 461 g/mol. The molecule has 5 nitrogen and oxygen atoms in total. The Morgan fingerprint density at radius 1 is 1.00 bits per heavy atom. The number of ketones is 1. The number of rotatable bonds is 5. The van der Waals surface area contributed by atoms with Crippen molar-refractivity contribution < 1.29 is 19.0 Å². The maximum atomic E-state index is 12.9. The minimum atomic E-state index is -0.166. The Bertz CT molecular complexity index is 1440. The zero-order valence-corrected chi connectivity index (χ0v) is 19.4. The van der Waals surface area contributed by atoms with Gasteiger partial charge in [0.05, 0.1) is 22.7 Å². The first kappa shape index (κ1) is 21.4. The minimum Gasteiger partial charge on any atom is -0.497 e. The van der Waals surface area contributed by atoms with E-state index in [2.05, 4.69) is 0 Å². The summed E-state index contributed by atoms with van der Waals surface area (Å²) in [6.07, 6.45) is 3.73. The number of carbonyl (C=O) groups excluding carboxylic acids is 1. The molecule has 33 heavy (non-hydrogen) atoms. The van der Waals surface area contributed by atoms with Crippen molar-refractivity contribution in [2.75, 3.05) is 7.11 Å². The molecule has 0 aliphatic carbocycles. The van der Waals surface area contributed by atoms with E-state index in [9.17, 15) is 4.79 Å². The van der Waals surface area contributed by atoms with Gasteiger partial charge in [-0.2, -0.15) is 0 Å². The third-order valence-corrected chi connectivity index (χ3v) is 6.28. The molecule has 7 heteroatoms. The lowest BCUT2D eigenvalue weighted by atomic mass is 10.1. The average Bonchev–Trinajstić information content (AvgIpc) is 3.30. The Kier molecular flexibility index (Phi) is 5.52. The molecule has 2 heterocycles. The minimum absolute atomic E-state index is 0.166. The molecule has 0 N–H and O–H groups in total. The predicted molar refractivity (Wildman–Crippen MR) is 130 cm³/mol. The van der Waals surface area contributed by atoms with Crippen LogP contribution in [0.5, 0.6) is 17.2 Å². The summed E-state index contributed by atoms with van der Waals surface area (Å²) in [4.78, 5) is 12.9. The smallest absolute Gasteiger partial charge is 0.231 e. The molecule has 1 aliphatic heterocycles. The highest BCUT2D eigenvalue weighted by molar-refractivity contribution is 6.42. The lowest BCUT2D eigenvalue weighted by Crippen LogP contribution is -1.98. The van der Waals surface area contributed by atoms with E-state index >= 15 is 0 Å². The molecule has 0 amide bonds. The highest BCUT2D eigenvalue weighted by Gasteiger charge is 2.28. The van der Waals surface area contributed by atoms with Crippen molar-refractivity contribution in [2.45, 2.75) is 6.61 Å². The number of ether oxygens (including phenoxy) is 3. The van der Waals surface area contributed by atoms with Crippen molar-refractivity contribution in [1.29, 1.82) is 0 Å². The molecule has 5 rings (SSSR count). The van der Waals surface area contributed by atoms with Crippen LogP contribution in [0.2, 0.25) is 10.0 Å². The zero-order valence-electron chi connectivity index (χ0n) is 17.9. The number of fused-ring (bicyclic) bond motifs is 2. The SMILES string of the molecule is COc1ccc2c(c1)c(/C=C1/Oc3cc(OCc4ccc(Cl)c(Cl)c4)ccc3C1=O)cn2C. The van der Waals surface area contributed by atoms with Crippen LogP contribution in [0.25, 0.3) is 17.0 Å². The fourth-order valence-corrected chi connectivity index (χ4v) is 4.16. The van der Waals surface area contributed by atoms with Crippen molar-refractivity contribution in [3.63, 3.8) is 0 Å². The molecule has 0 atom stereocenters. The second-order valence-electron chi connectivity index (χ2n) is 7.71. The van der Waals surface area contributed by atoms with Crippen molar-refractivity contribution >= 4 is 46.0 Å². The predicted octanol–water partition coefficient (Wildman–Crippen LogP) is 6.69. The molecule has 0 spiro atoms. The number of carbonyl (C=O) groups is 1. The number of methoxy groups -OCH3 is 1. The fourth-order valence-electron chi connectivity index (χ4n) is 3.84. The molecule has 0 radical (unpaired) electrons. The van der Waals surface area contributed by atoms with Gasteiger partial charge in [0.1, 0.15) is 23.9 Å². The van der Waals surface area contributed by atoms with E-state index in [4.69, 9.17) is 37.4 Å². The van der Waals surface area contributed by atoms with E-state index in [0.29, 0.717) is 33.7 Å². The number of allylic oxidation sites excluding steroid dienone is 1. The quantitative estimate of drug-likeness (QED) is 0.299. The lowest BCUT2D eigenvalue weighted by Gasteiger charge is -2.08. The van der Waals surface area contributed by atoms with Gasteiger partial charge in [0.25, 0.3) is 0 Å². The number of hydrogen-bond donors (Lipinski definition) is 0. The molecule has 4 aromatic rings. The topological polar surface area (TPSA) is 49.7 Å². The number of aryl methyl sites for hydroxylation is 1. The third kappa shape index (κ3) is 4.06. The van der Waals surface area contributed by atoms with Crippen molar-refractivity contribution in [3.05, 3.63) is 93.3 Å². The van der Waals surface area contributed by atoms with Gasteiger partial charge in [-0.1, -0.05) is 29.3 Å². The molecule has 3 aromatic carbocycles. The van der Waals surface area contributed by atoms with Gasteiger partial charge in [-0.15, -0.1) is 0 Å². The molecule has 0 saturated heterocycles. The summed E-state index contributed by atoms with van der Waals surface area (Å²) in [5, 5.41) is 1.94. The van der Waals surface area contributed by atoms with E-state index < -0.39 is 0 Å². The van der Waals surface area contributed by atoms with Gasteiger partial charge in [-0.25, -0.2) is 0 Å². The van der Waals surface area contributed by atoms with Gasteiger partial charge in [0.2, 0.25) is 5.78 Å². The summed E-state index contributed by atoms with van der Waals surface area (Å²) in [5.41, 5.74) is 3.29. The van der Waals surface area contributed by atoms with E-state index in [1.54, 1.807) is 43.5 Å². The first-order valence-corrected chi connectivity index (χ1v) is 11.0. The van der Waals surface area contributed by atoms with Crippen molar-refractivity contribution in [3.8, 4) is 17.2 Å². The molecular formula is C26H19Cl2NO4. The summed E-state index contributed by atoms with van der Waals surface area (Å²) < 4.78 is 19.1. The van der Waals surface area contributed by atoms with Gasteiger partial charge in [-0.3, -0.25) is 4.79 Å². The Hall–Kier alpha value is -3.41. The number of aromatic nitrogens is 1. The Morgan fingerprint density at radius 3 is 2.61 bits per heavy atom. The van der Waals surface area contributed by atoms with Crippen LogP contribution in [-0.2, 0) is 13.7 Å². The van der Waals surface area contributed by atoms with Gasteiger partial charge >= 0.3 is 0 Å². The number of benzene rings is 3. The first-order chi connectivity index (χ1) is 15.9. The highest BCUT2D eigenvalue weighted by atomic mass is 35.5. The highest BCUT2D eigenvalue weighted by Crippen LogP contribution is 2.36. The van der Waals surface area contributed by atoms with E-state index in [1.807, 2.05) is 42.1 Å². The number of Topliss-reactive ketones (excluding diaryl/α,β-unsaturated/α-hetero) is 1. The fraction of sp³-hybridized carbons (Fsp3) is 0.115. The molecule has 0 saturated carbocycles. The summed E-state index contributed by atoms with van der Waals surface area (Å²) in [5.74, 6) is 1.90. The van der Waals surface area contributed by atoms with Crippen LogP contribution in [0.1, 0.15) is 21.5 Å². The van der Waals surface area contributed by atoms with Crippen LogP contribution in [0, 0.1) is 0 Å². The largest absolute Gasteiger partial charge is 0.497 e. The third-order valence-electron chi connectivity index (χ3n) is 5.54. The second kappa shape index (κ2) is 8.50. The standard InChI is InChI=1S/C26H19Cl2NO4/c1-29-13-16(20-11-17(31-2)5-8-23(20)29)10-25-26(30)19-6-4-18(12-24(19)33-25)32-14-15-3-7-21(27)22(28)9-15/h3-13H,14H2,1-2H3/b25-10+. The van der Waals surface area contributed by atoms with Crippen LogP contribution < -0.4 is 14.2 Å². The van der Waals surface area contributed by atoms with Crippen molar-refractivity contribution in [1.82, 2.24) is 4.57 Å². The number of nitrogens with zero attached hydrogens (tertiary/aromatic N) is 1. The molecule has 0 fully saturated rings. The number of halogens is 2. The maximum Gasteiger partial charge on any atom is 0.231 e. The summed E-state index contributed by atoms with van der Waals surface area (Å²) in [7, 11) is 3.59. The Morgan fingerprint density at radius 2 is 1.82 bits per heavy atom.